The molecular formula is C14H18N4O2. The number of amides is 1. The van der Waals surface area contributed by atoms with E-state index in [1.54, 1.807) is 0 Å². The number of hydrogen-bond donors (Lipinski definition) is 2. The fraction of sp³-hybridized carbons (Fsp3) is 0.429. The lowest BCUT2D eigenvalue weighted by atomic mass is 10.2. The first-order chi connectivity index (χ1) is 9.78. The Morgan fingerprint density at radius 3 is 3.25 bits per heavy atom. The van der Waals surface area contributed by atoms with Crippen LogP contribution in [0.25, 0.3) is 11.0 Å². The molecule has 0 saturated carbocycles. The van der Waals surface area contributed by atoms with Crippen LogP contribution in [0.2, 0.25) is 0 Å². The van der Waals surface area contributed by atoms with Gasteiger partial charge in [0.05, 0.1) is 24.0 Å². The summed E-state index contributed by atoms with van der Waals surface area (Å²) in [6, 6.07) is 5.75. The number of imidazole rings is 1. The van der Waals surface area contributed by atoms with Crippen LogP contribution >= 0.6 is 0 Å². The van der Waals surface area contributed by atoms with Crippen molar-refractivity contribution >= 4 is 22.6 Å². The van der Waals surface area contributed by atoms with E-state index in [1.807, 2.05) is 24.5 Å². The molecule has 0 radical (unpaired) electrons. The zero-order valence-corrected chi connectivity index (χ0v) is 11.4. The summed E-state index contributed by atoms with van der Waals surface area (Å²) in [4.78, 5) is 16.4. The molecule has 1 aromatic heterocycles. The predicted molar refractivity (Wildman–Crippen MR) is 76.6 cm³/mol. The van der Waals surface area contributed by atoms with Gasteiger partial charge in [-0.3, -0.25) is 4.79 Å². The minimum atomic E-state index is -0.423. The molecule has 3 rings (SSSR count). The van der Waals surface area contributed by atoms with Gasteiger partial charge in [-0.15, -0.1) is 0 Å². The van der Waals surface area contributed by atoms with E-state index in [9.17, 15) is 4.79 Å². The van der Waals surface area contributed by atoms with Gasteiger partial charge in [0.15, 0.2) is 0 Å². The standard InChI is InChI=1S/C14H18N4O2/c1-2-18-9-16-11-7-10(3-4-12(11)18)17-14(19)13-8-15-5-6-20-13/h3-4,7,9,13,15H,2,5-6,8H2,1H3,(H,17,19)/t13-/m1/s1. The van der Waals surface area contributed by atoms with Gasteiger partial charge in [0.2, 0.25) is 0 Å². The summed E-state index contributed by atoms with van der Waals surface area (Å²) in [6.45, 7) is 4.87. The maximum atomic E-state index is 12.1. The lowest BCUT2D eigenvalue weighted by Crippen LogP contribution is -2.45. The normalized spacial score (nSPS) is 19.1. The number of aromatic nitrogens is 2. The van der Waals surface area contributed by atoms with Gasteiger partial charge in [0, 0.05) is 25.3 Å². The van der Waals surface area contributed by atoms with Crippen LogP contribution in [-0.4, -0.2) is 41.3 Å². The van der Waals surface area contributed by atoms with Crippen LogP contribution in [-0.2, 0) is 16.1 Å². The van der Waals surface area contributed by atoms with Gasteiger partial charge in [-0.1, -0.05) is 0 Å². The van der Waals surface area contributed by atoms with Crippen molar-refractivity contribution in [3.8, 4) is 0 Å². The molecule has 6 nitrogen and oxygen atoms in total. The van der Waals surface area contributed by atoms with Crippen LogP contribution in [0, 0.1) is 0 Å². The third-order valence-electron chi connectivity index (χ3n) is 3.45. The summed E-state index contributed by atoms with van der Waals surface area (Å²) in [5.41, 5.74) is 2.70. The molecule has 0 spiro atoms. The smallest absolute Gasteiger partial charge is 0.254 e. The number of fused-ring (bicyclic) bond motifs is 1. The molecule has 6 heteroatoms. The van der Waals surface area contributed by atoms with Crippen molar-refractivity contribution in [3.05, 3.63) is 24.5 Å². The van der Waals surface area contributed by atoms with Gasteiger partial charge >= 0.3 is 0 Å². The Hall–Kier alpha value is -1.92. The van der Waals surface area contributed by atoms with Crippen molar-refractivity contribution in [2.45, 2.75) is 19.6 Å². The number of ether oxygens (including phenoxy) is 1. The number of morpholine rings is 1. The molecule has 1 saturated heterocycles. The number of benzene rings is 1. The second-order valence-corrected chi connectivity index (χ2v) is 4.79. The number of aryl methyl sites for hydroxylation is 1. The molecule has 2 aromatic rings. The fourth-order valence-corrected chi connectivity index (χ4v) is 2.35. The number of nitrogens with one attached hydrogen (secondary N) is 2. The molecule has 2 heterocycles. The van der Waals surface area contributed by atoms with Crippen LogP contribution < -0.4 is 10.6 Å². The summed E-state index contributed by atoms with van der Waals surface area (Å²) < 4.78 is 7.49. The van der Waals surface area contributed by atoms with Crippen molar-refractivity contribution in [1.29, 1.82) is 0 Å². The van der Waals surface area contributed by atoms with Crippen molar-refractivity contribution in [2.24, 2.45) is 0 Å². The van der Waals surface area contributed by atoms with Gasteiger partial charge in [-0.25, -0.2) is 4.98 Å². The van der Waals surface area contributed by atoms with Crippen LogP contribution in [0.4, 0.5) is 5.69 Å². The molecular weight excluding hydrogens is 256 g/mol. The van der Waals surface area contributed by atoms with Crippen molar-refractivity contribution in [1.82, 2.24) is 14.9 Å². The topological polar surface area (TPSA) is 68.2 Å². The van der Waals surface area contributed by atoms with Gasteiger partial charge < -0.3 is 19.9 Å². The van der Waals surface area contributed by atoms with E-state index in [0.29, 0.717) is 13.2 Å². The Kier molecular flexibility index (Phi) is 3.66. The second-order valence-electron chi connectivity index (χ2n) is 4.79. The summed E-state index contributed by atoms with van der Waals surface area (Å²) >= 11 is 0. The van der Waals surface area contributed by atoms with Crippen LogP contribution in [0.15, 0.2) is 24.5 Å². The Bertz CT molecular complexity index is 617. The first kappa shape index (κ1) is 13.1. The number of carbonyl (C=O) groups is 1. The molecule has 1 amide bonds. The quantitative estimate of drug-likeness (QED) is 0.875. The Morgan fingerprint density at radius 1 is 1.60 bits per heavy atom. The lowest BCUT2D eigenvalue weighted by Gasteiger charge is -2.22. The van der Waals surface area contributed by atoms with E-state index in [0.717, 1.165) is 29.8 Å². The Balaban J connectivity index is 1.75. The molecule has 1 aliphatic heterocycles. The number of nitrogens with zero attached hydrogens (tertiary/aromatic N) is 2. The molecule has 0 aliphatic carbocycles. The van der Waals surface area contributed by atoms with Crippen LogP contribution in [0.5, 0.6) is 0 Å². The molecule has 1 atom stereocenters. The van der Waals surface area contributed by atoms with Crippen molar-refractivity contribution in [3.63, 3.8) is 0 Å². The molecule has 20 heavy (non-hydrogen) atoms. The van der Waals surface area contributed by atoms with Crippen LogP contribution in [0.3, 0.4) is 0 Å². The first-order valence-corrected chi connectivity index (χ1v) is 6.86. The molecule has 0 bridgehead atoms. The molecule has 0 unspecified atom stereocenters. The van der Waals surface area contributed by atoms with Gasteiger partial charge in [0.25, 0.3) is 5.91 Å². The third-order valence-corrected chi connectivity index (χ3v) is 3.45. The zero-order chi connectivity index (χ0) is 13.9. The van der Waals surface area contributed by atoms with Crippen LogP contribution in [0.1, 0.15) is 6.92 Å². The highest BCUT2D eigenvalue weighted by atomic mass is 16.5. The van der Waals surface area contributed by atoms with Crippen molar-refractivity contribution in [2.75, 3.05) is 25.0 Å². The van der Waals surface area contributed by atoms with Gasteiger partial charge in [-0.2, -0.15) is 0 Å². The van der Waals surface area contributed by atoms with E-state index in [2.05, 4.69) is 27.1 Å². The average molecular weight is 274 g/mol. The van der Waals surface area contributed by atoms with E-state index >= 15 is 0 Å². The monoisotopic (exact) mass is 274 g/mol. The van der Waals surface area contributed by atoms with Gasteiger partial charge in [0.1, 0.15) is 6.10 Å². The third kappa shape index (κ3) is 2.52. The highest BCUT2D eigenvalue weighted by Crippen LogP contribution is 2.18. The maximum Gasteiger partial charge on any atom is 0.254 e. The predicted octanol–water partition coefficient (Wildman–Crippen LogP) is 0.983. The summed E-state index contributed by atoms with van der Waals surface area (Å²) in [7, 11) is 0. The van der Waals surface area contributed by atoms with Crippen molar-refractivity contribution < 1.29 is 9.53 Å². The Labute approximate surface area is 117 Å². The molecule has 1 aliphatic rings. The fourth-order valence-electron chi connectivity index (χ4n) is 2.35. The summed E-state index contributed by atoms with van der Waals surface area (Å²) in [6.07, 6.45) is 1.39. The minimum Gasteiger partial charge on any atom is -0.366 e. The molecule has 106 valence electrons. The van der Waals surface area contributed by atoms with E-state index < -0.39 is 6.10 Å². The number of rotatable bonds is 3. The molecule has 1 aromatic carbocycles. The van der Waals surface area contributed by atoms with E-state index in [-0.39, 0.29) is 5.91 Å². The minimum absolute atomic E-state index is 0.119. The highest BCUT2D eigenvalue weighted by Gasteiger charge is 2.21. The highest BCUT2D eigenvalue weighted by molar-refractivity contribution is 5.96. The largest absolute Gasteiger partial charge is 0.366 e. The first-order valence-electron chi connectivity index (χ1n) is 6.86. The lowest BCUT2D eigenvalue weighted by molar-refractivity contribution is -0.128. The average Bonchev–Trinajstić information content (AvgIpc) is 2.90. The zero-order valence-electron chi connectivity index (χ0n) is 11.4. The van der Waals surface area contributed by atoms with E-state index in [4.69, 9.17) is 4.74 Å². The molecule has 2 N–H and O–H groups in total. The number of anilines is 1. The summed E-state index contributed by atoms with van der Waals surface area (Å²) in [5, 5.41) is 6.02. The number of carbonyl (C=O) groups excluding carboxylic acids is 1. The second kappa shape index (κ2) is 5.60. The maximum absolute atomic E-state index is 12.1. The Morgan fingerprint density at radius 2 is 2.50 bits per heavy atom. The van der Waals surface area contributed by atoms with Gasteiger partial charge in [-0.05, 0) is 25.1 Å². The van der Waals surface area contributed by atoms with E-state index in [1.165, 1.54) is 0 Å². The number of hydrogen-bond acceptors (Lipinski definition) is 4. The summed E-state index contributed by atoms with van der Waals surface area (Å²) in [5.74, 6) is -0.119. The molecule has 1 fully saturated rings. The SMILES string of the molecule is CCn1cnc2cc(NC(=O)[C@H]3CNCCO3)ccc21.